The van der Waals surface area contributed by atoms with E-state index in [2.05, 4.69) is 103 Å². The molecule has 0 amide bonds. The van der Waals surface area contributed by atoms with E-state index in [4.69, 9.17) is 8.85 Å². The van der Waals surface area contributed by atoms with Crippen molar-refractivity contribution in [2.45, 2.75) is 0 Å². The van der Waals surface area contributed by atoms with Crippen LogP contribution in [0.5, 0.6) is 0 Å². The first kappa shape index (κ1) is 24.8. The zero-order valence-corrected chi connectivity index (χ0v) is 23.3. The summed E-state index contributed by atoms with van der Waals surface area (Å²) in [5.74, 6) is 0. The molecule has 0 saturated carbocycles. The van der Waals surface area contributed by atoms with Gasteiger partial charge in [0.25, 0.3) is 5.31 Å². The molecule has 0 atom stereocenters. The fourth-order valence-electron chi connectivity index (χ4n) is 3.50. The minimum atomic E-state index is -2.50. The summed E-state index contributed by atoms with van der Waals surface area (Å²) in [5, 5.41) is 3.07. The van der Waals surface area contributed by atoms with Gasteiger partial charge < -0.3 is 8.85 Å². The Morgan fingerprint density at radius 1 is 0.438 bits per heavy atom. The summed E-state index contributed by atoms with van der Waals surface area (Å²) < 4.78 is 11.6. The molecule has 0 unspecified atom stereocenters. The van der Waals surface area contributed by atoms with Crippen molar-refractivity contribution in [3.63, 3.8) is 0 Å². The molecule has 4 aromatic rings. The zero-order chi connectivity index (χ0) is 22.9. The first-order valence-electron chi connectivity index (χ1n) is 10.2. The maximum atomic E-state index is 5.78. The lowest BCUT2D eigenvalue weighted by Gasteiger charge is -2.27. The van der Waals surface area contributed by atoms with Crippen LogP contribution in [0.1, 0.15) is 0 Å². The summed E-state index contributed by atoms with van der Waals surface area (Å²) in [5.41, 5.74) is 0. The second-order valence-corrected chi connectivity index (χ2v) is 22.9. The molecule has 164 valence electrons. The lowest BCUT2D eigenvalue weighted by Crippen LogP contribution is -2.62. The lowest BCUT2D eigenvalue weighted by atomic mass is 10.4. The van der Waals surface area contributed by atoms with Crippen LogP contribution in [0.25, 0.3) is 0 Å². The highest BCUT2D eigenvalue weighted by Crippen LogP contribution is 2.19. The van der Waals surface area contributed by atoms with Crippen LogP contribution in [0.4, 0.5) is 0 Å². The molecule has 2 nitrogen and oxygen atoms in total. The van der Waals surface area contributed by atoms with Crippen molar-refractivity contribution < 1.29 is 8.85 Å². The van der Waals surface area contributed by atoms with Crippen molar-refractivity contribution in [3.8, 4) is 0 Å². The van der Waals surface area contributed by atoms with Gasteiger partial charge in [0, 0.05) is 14.2 Å². The Labute approximate surface area is 208 Å². The molecular weight excluding hydrogens is 560 g/mol. The topological polar surface area (TPSA) is 18.5 Å². The molecule has 0 aliphatic rings. The molecule has 0 aliphatic heterocycles. The van der Waals surface area contributed by atoms with E-state index in [0.717, 1.165) is 10.4 Å². The van der Waals surface area contributed by atoms with Crippen LogP contribution >= 0.6 is 30.6 Å². The number of rotatable bonds is 6. The van der Waals surface area contributed by atoms with Crippen molar-refractivity contribution in [1.29, 1.82) is 0 Å². The minimum Gasteiger partial charge on any atom is -0.391 e. The van der Waals surface area contributed by atoms with Crippen molar-refractivity contribution >= 4 is 65.2 Å². The van der Waals surface area contributed by atoms with Gasteiger partial charge in [-0.1, -0.05) is 152 Å². The van der Waals surface area contributed by atoms with Crippen molar-refractivity contribution in [2.24, 2.45) is 0 Å². The highest BCUT2D eigenvalue weighted by Gasteiger charge is 2.40. The SMILES string of the molecule is Br[Si](Br)(c1ccccc1)c1ccccc1.CO[Si](OC)(c1ccccc1)c1ccccc1. The minimum absolute atomic E-state index is 1.12. The van der Waals surface area contributed by atoms with Crippen LogP contribution < -0.4 is 20.7 Å². The quantitative estimate of drug-likeness (QED) is 0.244. The summed E-state index contributed by atoms with van der Waals surface area (Å²) in [6.45, 7) is 0. The smallest absolute Gasteiger partial charge is 0.391 e. The van der Waals surface area contributed by atoms with Crippen molar-refractivity contribution in [3.05, 3.63) is 121 Å². The molecular formula is C26H26Br2O2Si2. The van der Waals surface area contributed by atoms with Gasteiger partial charge in [0.15, 0.2) is 0 Å². The summed E-state index contributed by atoms with van der Waals surface area (Å²) in [6.07, 6.45) is 0. The van der Waals surface area contributed by atoms with Gasteiger partial charge in [0.2, 0.25) is 0 Å². The standard InChI is InChI=1S/C14H16O2Si.C12H10Br2Si/c1-15-17(16-2,13-9-5-3-6-10-13)14-11-7-4-8-12-14;13-15(14,11-7-3-1-4-8-11)12-9-5-2-6-10-12/h3-12H,1-2H3;1-10H. The van der Waals surface area contributed by atoms with Crippen molar-refractivity contribution in [1.82, 2.24) is 0 Å². The Morgan fingerprint density at radius 2 is 0.688 bits per heavy atom. The highest BCUT2D eigenvalue weighted by molar-refractivity contribution is 9.52. The normalized spacial score (nSPS) is 11.4. The largest absolute Gasteiger partial charge is 0.406 e. The predicted octanol–water partition coefficient (Wildman–Crippen LogP) is 4.57. The van der Waals surface area contributed by atoms with E-state index in [1.54, 1.807) is 14.2 Å². The van der Waals surface area contributed by atoms with E-state index in [0.29, 0.717) is 0 Å². The summed E-state index contributed by atoms with van der Waals surface area (Å²) >= 11 is 7.71. The third-order valence-corrected chi connectivity index (χ3v) is 16.1. The molecule has 0 saturated heterocycles. The second-order valence-electron chi connectivity index (χ2n) is 7.06. The lowest BCUT2D eigenvalue weighted by molar-refractivity contribution is 0.272. The van der Waals surface area contributed by atoms with Gasteiger partial charge in [-0.3, -0.25) is 0 Å². The maximum Gasteiger partial charge on any atom is 0.406 e. The van der Waals surface area contributed by atoms with Gasteiger partial charge in [-0.05, 0) is 20.7 Å². The van der Waals surface area contributed by atoms with Crippen LogP contribution in [0.15, 0.2) is 121 Å². The molecule has 0 radical (unpaired) electrons. The van der Waals surface area contributed by atoms with Gasteiger partial charge >= 0.3 is 8.56 Å². The Bertz CT molecular complexity index is 977. The molecule has 0 fully saturated rings. The van der Waals surface area contributed by atoms with Crippen LogP contribution in [0, 0.1) is 0 Å². The van der Waals surface area contributed by atoms with E-state index < -0.39 is 13.9 Å². The van der Waals surface area contributed by atoms with E-state index in [1.807, 2.05) is 48.5 Å². The molecule has 32 heavy (non-hydrogen) atoms. The van der Waals surface area contributed by atoms with Gasteiger partial charge in [-0.25, -0.2) is 0 Å². The van der Waals surface area contributed by atoms with Crippen LogP contribution in [0.3, 0.4) is 0 Å². The average Bonchev–Trinajstić information content (AvgIpc) is 2.88. The molecule has 0 N–H and O–H groups in total. The molecule has 0 aromatic heterocycles. The number of hydrogen-bond acceptors (Lipinski definition) is 2. The first-order chi connectivity index (χ1) is 15.5. The Balaban J connectivity index is 0.000000182. The fraction of sp³-hybridized carbons (Fsp3) is 0.0769. The van der Waals surface area contributed by atoms with Gasteiger partial charge in [0.1, 0.15) is 0 Å². The molecule has 0 spiro atoms. The maximum absolute atomic E-state index is 5.78. The summed E-state index contributed by atoms with van der Waals surface area (Å²) in [6, 6.07) is 41.3. The highest BCUT2D eigenvalue weighted by atomic mass is 79.9. The Hall–Kier alpha value is -1.81. The number of hydrogen-bond donors (Lipinski definition) is 0. The van der Waals surface area contributed by atoms with Crippen LogP contribution in [0.2, 0.25) is 0 Å². The Kier molecular flexibility index (Phi) is 9.22. The zero-order valence-electron chi connectivity index (χ0n) is 18.1. The van der Waals surface area contributed by atoms with Gasteiger partial charge in [-0.15, -0.1) is 0 Å². The molecule has 0 bridgehead atoms. The predicted molar refractivity (Wildman–Crippen MR) is 148 cm³/mol. The van der Waals surface area contributed by atoms with E-state index >= 15 is 0 Å². The summed E-state index contributed by atoms with van der Waals surface area (Å²) in [4.78, 5) is 0. The molecule has 6 heteroatoms. The third kappa shape index (κ3) is 5.75. The van der Waals surface area contributed by atoms with Gasteiger partial charge in [0.05, 0.1) is 0 Å². The third-order valence-electron chi connectivity index (χ3n) is 5.16. The Morgan fingerprint density at radius 3 is 0.938 bits per heavy atom. The molecule has 0 aliphatic carbocycles. The molecule has 4 rings (SSSR count). The van der Waals surface area contributed by atoms with E-state index in [9.17, 15) is 0 Å². The van der Waals surface area contributed by atoms with Gasteiger partial charge in [-0.2, -0.15) is 0 Å². The molecule has 0 heterocycles. The average molecular weight is 586 g/mol. The monoisotopic (exact) mass is 584 g/mol. The van der Waals surface area contributed by atoms with E-state index in [-0.39, 0.29) is 0 Å². The second kappa shape index (κ2) is 11.9. The summed E-state index contributed by atoms with van der Waals surface area (Å²) in [7, 11) is 0.940. The van der Waals surface area contributed by atoms with Crippen molar-refractivity contribution in [2.75, 3.05) is 14.2 Å². The fourth-order valence-corrected chi connectivity index (χ4v) is 10.9. The van der Waals surface area contributed by atoms with Crippen LogP contribution in [-0.2, 0) is 8.85 Å². The number of halogens is 2. The van der Waals surface area contributed by atoms with Crippen LogP contribution in [-0.4, -0.2) is 28.1 Å². The van der Waals surface area contributed by atoms with E-state index in [1.165, 1.54) is 10.4 Å². The molecule has 4 aromatic carbocycles. The number of benzene rings is 4. The first-order valence-corrected chi connectivity index (χ1v) is 18.6.